The van der Waals surface area contributed by atoms with Gasteiger partial charge in [-0.15, -0.1) is 22.7 Å². The standard InChI is InChI=1S/C96H54N2S2/c1-9-31-80-66(19-1)67-20-2-10-32-81(67)95(80)84-35-13-5-23-70(84)72-45-41-57(52-86(72)95)55-39-43-64-65-44-40-56(58-42-46-73-71-24-6-14-36-85(71)96(87(73)53-58)82-33-11-3-21-68(82)69-22-4-12-34-83(69)96)51-79(65)92-91(78(64)50-55)97-54-88(98-92)61-48-59(62-27-17-29-76-74-25-7-15-37-89(74)99-93(62)76)47-60(49-61)63-28-18-30-77-75-26-8-16-38-90(75)100-94(63)77/h1-54H. The number of hydrogen-bond acceptors (Lipinski definition) is 4. The predicted molar refractivity (Wildman–Crippen MR) is 420 cm³/mol. The van der Waals surface area contributed by atoms with Gasteiger partial charge in [0.05, 0.1) is 33.8 Å². The van der Waals surface area contributed by atoms with E-state index >= 15 is 0 Å². The second-order valence-electron chi connectivity index (χ2n) is 27.6. The van der Waals surface area contributed by atoms with Gasteiger partial charge in [0.2, 0.25) is 0 Å². The Labute approximate surface area is 584 Å². The molecule has 0 bridgehead atoms. The van der Waals surface area contributed by atoms with Gasteiger partial charge in [0.1, 0.15) is 0 Å². The second-order valence-corrected chi connectivity index (χ2v) is 29.7. The maximum atomic E-state index is 6.02. The molecule has 23 rings (SSSR count). The summed E-state index contributed by atoms with van der Waals surface area (Å²) in [5.41, 5.74) is 33.0. The molecule has 0 saturated carbocycles. The molecule has 0 aliphatic heterocycles. The first-order valence-electron chi connectivity index (χ1n) is 34.6. The van der Waals surface area contributed by atoms with Gasteiger partial charge in [0.25, 0.3) is 0 Å². The van der Waals surface area contributed by atoms with Gasteiger partial charge in [0.15, 0.2) is 0 Å². The Hall–Kier alpha value is -12.2. The highest BCUT2D eigenvalue weighted by atomic mass is 32.1. The molecule has 0 unspecified atom stereocenters. The summed E-state index contributed by atoms with van der Waals surface area (Å²) >= 11 is 3.75. The smallest absolute Gasteiger partial charge is 0.0979 e. The first kappa shape index (κ1) is 54.9. The van der Waals surface area contributed by atoms with Crippen LogP contribution in [0, 0.1) is 0 Å². The molecule has 0 radical (unpaired) electrons. The van der Waals surface area contributed by atoms with Gasteiger partial charge in [0, 0.05) is 56.7 Å². The van der Waals surface area contributed by atoms with Crippen molar-refractivity contribution in [3.8, 4) is 100 Å². The van der Waals surface area contributed by atoms with E-state index in [-0.39, 0.29) is 0 Å². The average molecular weight is 1300 g/mol. The van der Waals surface area contributed by atoms with Crippen LogP contribution >= 0.6 is 22.7 Å². The zero-order valence-electron chi connectivity index (χ0n) is 53.9. The quantitative estimate of drug-likeness (QED) is 0.161. The Balaban J connectivity index is 0.760. The van der Waals surface area contributed by atoms with E-state index in [2.05, 4.69) is 322 Å². The highest BCUT2D eigenvalue weighted by molar-refractivity contribution is 7.26. The molecule has 2 spiro atoms. The Morgan fingerprint density at radius 3 is 0.970 bits per heavy atom. The van der Waals surface area contributed by atoms with Crippen molar-refractivity contribution >= 4 is 95.6 Å². The minimum atomic E-state index is -0.471. The van der Waals surface area contributed by atoms with Gasteiger partial charge in [-0.2, -0.15) is 0 Å². The third kappa shape index (κ3) is 7.20. The van der Waals surface area contributed by atoms with Crippen LogP contribution in [0.25, 0.3) is 173 Å². The van der Waals surface area contributed by atoms with Crippen LogP contribution < -0.4 is 0 Å². The lowest BCUT2D eigenvalue weighted by Gasteiger charge is -2.30. The van der Waals surface area contributed by atoms with Crippen LogP contribution in [0.4, 0.5) is 0 Å². The number of hydrogen-bond donors (Lipinski definition) is 0. The molecule has 0 saturated heterocycles. The highest BCUT2D eigenvalue weighted by Crippen LogP contribution is 2.65. The summed E-state index contributed by atoms with van der Waals surface area (Å²) in [7, 11) is 0. The largest absolute Gasteiger partial charge is 0.252 e. The fraction of sp³-hybridized carbons (Fsp3) is 0.0208. The fourth-order valence-electron chi connectivity index (χ4n) is 18.8. The molecule has 4 aliphatic carbocycles. The molecule has 0 amide bonds. The predicted octanol–water partition coefficient (Wildman–Crippen LogP) is 25.7. The summed E-state index contributed by atoms with van der Waals surface area (Å²) in [6.45, 7) is 0. The summed E-state index contributed by atoms with van der Waals surface area (Å²) in [5, 5.41) is 9.53. The van der Waals surface area contributed by atoms with E-state index in [0.717, 1.165) is 71.7 Å². The third-order valence-electron chi connectivity index (χ3n) is 22.9. The summed E-state index contributed by atoms with van der Waals surface area (Å²) in [5.74, 6) is 0. The molecule has 4 heteroatoms. The summed E-state index contributed by atoms with van der Waals surface area (Å²) in [6.07, 6.45) is 2.05. The average Bonchev–Trinajstić information content (AvgIpc) is 1.51. The van der Waals surface area contributed by atoms with Gasteiger partial charge in [-0.05, 0) is 199 Å². The number of benzene rings is 16. The topological polar surface area (TPSA) is 25.8 Å². The van der Waals surface area contributed by atoms with Gasteiger partial charge < -0.3 is 0 Å². The molecule has 0 atom stereocenters. The van der Waals surface area contributed by atoms with Crippen molar-refractivity contribution in [2.75, 3.05) is 0 Å². The van der Waals surface area contributed by atoms with E-state index in [4.69, 9.17) is 9.97 Å². The monoisotopic (exact) mass is 1300 g/mol. The van der Waals surface area contributed by atoms with E-state index in [0.29, 0.717) is 0 Å². The number of fused-ring (bicyclic) bond motifs is 32. The Morgan fingerprint density at radius 1 is 0.210 bits per heavy atom. The number of nitrogens with zero attached hydrogens (tertiary/aromatic N) is 2. The molecular weight excluding hydrogens is 1250 g/mol. The van der Waals surface area contributed by atoms with E-state index in [1.54, 1.807) is 0 Å². The maximum Gasteiger partial charge on any atom is 0.0979 e. The van der Waals surface area contributed by atoms with Crippen LogP contribution in [0.3, 0.4) is 0 Å². The lowest BCUT2D eigenvalue weighted by molar-refractivity contribution is 0.794. The van der Waals surface area contributed by atoms with E-state index < -0.39 is 10.8 Å². The SMILES string of the molecule is c1ccc2c(c1)-c1ccccc1C21c2ccccc2-c2ccc(-c3ccc4c5ccc(-c6ccc7c(c6)C6(c8ccccc8-c8ccccc86)c6ccccc6-7)cc5c5nc(-c6cc(-c7cccc8c7sc7ccccc78)cc(-c7cccc8c7sc7ccccc78)c6)cnc5c4c3)cc21. The molecule has 460 valence electrons. The molecule has 19 aromatic rings. The molecule has 100 heavy (non-hydrogen) atoms. The molecule has 3 aromatic heterocycles. The number of rotatable bonds is 5. The Bertz CT molecular complexity index is 6620. The Morgan fingerprint density at radius 2 is 0.540 bits per heavy atom. The van der Waals surface area contributed by atoms with Crippen molar-refractivity contribution in [2.24, 2.45) is 0 Å². The van der Waals surface area contributed by atoms with Crippen LogP contribution in [0.2, 0.25) is 0 Å². The highest BCUT2D eigenvalue weighted by Gasteiger charge is 2.53. The van der Waals surface area contributed by atoms with E-state index in [1.807, 2.05) is 28.9 Å². The van der Waals surface area contributed by atoms with E-state index in [9.17, 15) is 0 Å². The molecular formula is C96H54N2S2. The van der Waals surface area contributed by atoms with Crippen LogP contribution in [-0.4, -0.2) is 9.97 Å². The van der Waals surface area contributed by atoms with Crippen LogP contribution in [-0.2, 0) is 10.8 Å². The second kappa shape index (κ2) is 20.2. The first-order valence-corrected chi connectivity index (χ1v) is 36.2. The normalized spacial score (nSPS) is 13.8. The summed E-state index contributed by atoms with van der Waals surface area (Å²) in [6, 6.07) is 122. The first-order chi connectivity index (χ1) is 49.6. The van der Waals surface area contributed by atoms with Crippen molar-refractivity contribution in [2.45, 2.75) is 10.8 Å². The van der Waals surface area contributed by atoms with Crippen molar-refractivity contribution < 1.29 is 0 Å². The van der Waals surface area contributed by atoms with Crippen molar-refractivity contribution in [1.82, 2.24) is 9.97 Å². The molecule has 0 N–H and O–H groups in total. The van der Waals surface area contributed by atoms with Gasteiger partial charge in [-0.3, -0.25) is 4.98 Å². The van der Waals surface area contributed by atoms with E-state index in [1.165, 1.54) is 146 Å². The summed E-state index contributed by atoms with van der Waals surface area (Å²) < 4.78 is 5.13. The lowest BCUT2D eigenvalue weighted by Crippen LogP contribution is -2.25. The van der Waals surface area contributed by atoms with Crippen LogP contribution in [0.15, 0.2) is 328 Å². The summed E-state index contributed by atoms with van der Waals surface area (Å²) in [4.78, 5) is 11.8. The third-order valence-corrected chi connectivity index (χ3v) is 25.4. The lowest BCUT2D eigenvalue weighted by atomic mass is 9.70. The molecule has 3 heterocycles. The minimum Gasteiger partial charge on any atom is -0.252 e. The molecule has 2 nitrogen and oxygen atoms in total. The number of thiophene rings is 2. The van der Waals surface area contributed by atoms with Crippen molar-refractivity contribution in [1.29, 1.82) is 0 Å². The van der Waals surface area contributed by atoms with Crippen molar-refractivity contribution in [3.63, 3.8) is 0 Å². The van der Waals surface area contributed by atoms with Crippen LogP contribution in [0.1, 0.15) is 44.5 Å². The molecule has 4 aliphatic rings. The van der Waals surface area contributed by atoms with Crippen LogP contribution in [0.5, 0.6) is 0 Å². The minimum absolute atomic E-state index is 0.462. The number of aromatic nitrogens is 2. The Kier molecular flexibility index (Phi) is 11.1. The van der Waals surface area contributed by atoms with Gasteiger partial charge >= 0.3 is 0 Å². The maximum absolute atomic E-state index is 6.02. The zero-order valence-corrected chi connectivity index (χ0v) is 55.5. The fourth-order valence-corrected chi connectivity index (χ4v) is 21.3. The molecule has 0 fully saturated rings. The zero-order chi connectivity index (χ0) is 65.1. The molecule has 16 aromatic carbocycles. The van der Waals surface area contributed by atoms with Gasteiger partial charge in [-0.25, -0.2) is 4.98 Å². The van der Waals surface area contributed by atoms with Crippen molar-refractivity contribution in [3.05, 3.63) is 372 Å². The van der Waals surface area contributed by atoms with Gasteiger partial charge in [-0.1, -0.05) is 267 Å².